The van der Waals surface area contributed by atoms with E-state index in [4.69, 9.17) is 9.47 Å². The number of carbonyl (C=O) groups excluding carboxylic acids is 1. The van der Waals surface area contributed by atoms with Gasteiger partial charge in [-0.15, -0.1) is 0 Å². The summed E-state index contributed by atoms with van der Waals surface area (Å²) < 4.78 is 11.5. The van der Waals surface area contributed by atoms with Crippen LogP contribution in [-0.4, -0.2) is 46.2 Å². The highest BCUT2D eigenvalue weighted by molar-refractivity contribution is 5.92. The van der Waals surface area contributed by atoms with E-state index in [0.717, 1.165) is 5.69 Å². The number of amides is 1. The van der Waals surface area contributed by atoms with Crippen molar-refractivity contribution in [1.29, 1.82) is 0 Å². The average Bonchev–Trinajstić information content (AvgIpc) is 2.65. The molecule has 3 heterocycles. The molecule has 2 aromatic rings. The van der Waals surface area contributed by atoms with Crippen LogP contribution in [0.15, 0.2) is 30.6 Å². The van der Waals surface area contributed by atoms with Crippen LogP contribution in [0.2, 0.25) is 0 Å². The van der Waals surface area contributed by atoms with Crippen molar-refractivity contribution in [1.82, 2.24) is 20.3 Å². The van der Waals surface area contributed by atoms with E-state index in [2.05, 4.69) is 20.3 Å². The summed E-state index contributed by atoms with van der Waals surface area (Å²) in [6, 6.07) is 5.23. The number of rotatable bonds is 5. The van der Waals surface area contributed by atoms with Crippen LogP contribution < -0.4 is 10.1 Å². The fraction of sp³-hybridized carbons (Fsp3) is 0.474. The van der Waals surface area contributed by atoms with Gasteiger partial charge in [-0.05, 0) is 31.5 Å². The molecular formula is C19H24N4O3. The first-order valence-electron chi connectivity index (χ1n) is 8.84. The number of aryl methyl sites for hydroxylation is 1. The summed E-state index contributed by atoms with van der Waals surface area (Å²) in [5.74, 6) is 1.26. The summed E-state index contributed by atoms with van der Waals surface area (Å²) in [6.07, 6.45) is 3.70. The Hall–Kier alpha value is -2.54. The molecular weight excluding hydrogens is 332 g/mol. The minimum atomic E-state index is -0.274. The van der Waals surface area contributed by atoms with Gasteiger partial charge in [-0.1, -0.05) is 13.8 Å². The molecule has 2 atom stereocenters. The smallest absolute Gasteiger partial charge is 0.270 e. The Morgan fingerprint density at radius 2 is 2.15 bits per heavy atom. The molecule has 7 nitrogen and oxygen atoms in total. The van der Waals surface area contributed by atoms with Crippen molar-refractivity contribution in [2.24, 2.45) is 0 Å². The predicted molar refractivity (Wildman–Crippen MR) is 96.2 cm³/mol. The molecule has 0 saturated carbocycles. The van der Waals surface area contributed by atoms with Crippen molar-refractivity contribution >= 4 is 5.91 Å². The van der Waals surface area contributed by atoms with Gasteiger partial charge < -0.3 is 14.8 Å². The number of ether oxygens (including phenoxy) is 2. The van der Waals surface area contributed by atoms with Gasteiger partial charge in [0.15, 0.2) is 0 Å². The number of aromatic nitrogens is 3. The zero-order valence-corrected chi connectivity index (χ0v) is 15.3. The molecule has 1 aliphatic heterocycles. The summed E-state index contributed by atoms with van der Waals surface area (Å²) in [4.78, 5) is 25.4. The fourth-order valence-electron chi connectivity index (χ4n) is 2.71. The first-order valence-corrected chi connectivity index (χ1v) is 8.84. The van der Waals surface area contributed by atoms with Crippen molar-refractivity contribution in [3.8, 4) is 5.75 Å². The highest BCUT2D eigenvalue weighted by Gasteiger charge is 2.29. The van der Waals surface area contributed by atoms with E-state index in [1.165, 1.54) is 0 Å². The van der Waals surface area contributed by atoms with Gasteiger partial charge in [-0.25, -0.2) is 9.97 Å². The molecule has 0 spiro atoms. The molecule has 3 rings (SSSR count). The fourth-order valence-corrected chi connectivity index (χ4v) is 2.71. The van der Waals surface area contributed by atoms with Crippen molar-refractivity contribution < 1.29 is 14.3 Å². The van der Waals surface area contributed by atoms with Crippen molar-refractivity contribution in [3.63, 3.8) is 0 Å². The molecule has 2 aromatic heterocycles. The second-order valence-corrected chi connectivity index (χ2v) is 6.69. The molecule has 0 aromatic carbocycles. The number of nitrogens with one attached hydrogen (secondary N) is 1. The molecule has 0 aliphatic carbocycles. The summed E-state index contributed by atoms with van der Waals surface area (Å²) in [5.41, 5.74) is 1.29. The highest BCUT2D eigenvalue weighted by Crippen LogP contribution is 2.18. The van der Waals surface area contributed by atoms with Crippen molar-refractivity contribution in [3.05, 3.63) is 47.8 Å². The quantitative estimate of drug-likeness (QED) is 0.884. The summed E-state index contributed by atoms with van der Waals surface area (Å²) in [7, 11) is 0. The third-order valence-corrected chi connectivity index (χ3v) is 4.22. The van der Waals surface area contributed by atoms with Crippen LogP contribution >= 0.6 is 0 Å². The number of nitrogens with zero attached hydrogens (tertiary/aromatic N) is 3. The van der Waals surface area contributed by atoms with Gasteiger partial charge in [-0.2, -0.15) is 0 Å². The molecule has 138 valence electrons. The van der Waals surface area contributed by atoms with E-state index < -0.39 is 0 Å². The van der Waals surface area contributed by atoms with Crippen LogP contribution in [0.25, 0.3) is 0 Å². The zero-order chi connectivity index (χ0) is 18.5. The maximum absolute atomic E-state index is 12.6. The Kier molecular flexibility index (Phi) is 5.78. The SMILES string of the molecule is Cc1ccc(O[C@H]2COCC[C@H]2NC(=O)c2ccnc(C(C)C)n2)cn1. The Labute approximate surface area is 153 Å². The van der Waals surface area contributed by atoms with Crippen LogP contribution in [0.4, 0.5) is 0 Å². The lowest BCUT2D eigenvalue weighted by molar-refractivity contribution is -0.0137. The van der Waals surface area contributed by atoms with Gasteiger partial charge in [-0.3, -0.25) is 9.78 Å². The summed E-state index contributed by atoms with van der Waals surface area (Å²) >= 11 is 0. The maximum Gasteiger partial charge on any atom is 0.270 e. The van der Waals surface area contributed by atoms with Crippen LogP contribution in [0.5, 0.6) is 5.75 Å². The standard InChI is InChI=1S/C19H24N4O3/c1-12(2)18-20-8-6-16(22-18)19(24)23-15-7-9-25-11-17(15)26-14-5-4-13(3)21-10-14/h4-6,8,10,12,15,17H,7,9,11H2,1-3H3,(H,23,24)/t15-,17+/m1/s1. The molecule has 0 bridgehead atoms. The van der Waals surface area contributed by atoms with E-state index in [9.17, 15) is 4.79 Å². The molecule has 1 amide bonds. The van der Waals surface area contributed by atoms with Gasteiger partial charge in [0.25, 0.3) is 5.91 Å². The van der Waals surface area contributed by atoms with Gasteiger partial charge in [0, 0.05) is 24.4 Å². The van der Waals surface area contributed by atoms with E-state index in [1.807, 2.05) is 32.9 Å². The maximum atomic E-state index is 12.6. The Bertz CT molecular complexity index is 749. The molecule has 7 heteroatoms. The lowest BCUT2D eigenvalue weighted by atomic mass is 10.1. The van der Waals surface area contributed by atoms with E-state index in [-0.39, 0.29) is 24.0 Å². The minimum Gasteiger partial charge on any atom is -0.484 e. The monoisotopic (exact) mass is 356 g/mol. The zero-order valence-electron chi connectivity index (χ0n) is 15.3. The summed E-state index contributed by atoms with van der Waals surface area (Å²) in [5, 5.41) is 3.03. The Morgan fingerprint density at radius 1 is 1.31 bits per heavy atom. The largest absolute Gasteiger partial charge is 0.484 e. The second-order valence-electron chi connectivity index (χ2n) is 6.69. The first-order chi connectivity index (χ1) is 12.5. The number of carbonyl (C=O) groups is 1. The summed E-state index contributed by atoms with van der Waals surface area (Å²) in [6.45, 7) is 6.91. The highest BCUT2D eigenvalue weighted by atomic mass is 16.5. The van der Waals surface area contributed by atoms with Crippen LogP contribution in [0.3, 0.4) is 0 Å². The van der Waals surface area contributed by atoms with Crippen molar-refractivity contribution in [2.45, 2.75) is 45.3 Å². The molecule has 1 aliphatic rings. The third kappa shape index (κ3) is 4.54. The van der Waals surface area contributed by atoms with Gasteiger partial charge in [0.05, 0.1) is 18.8 Å². The number of hydrogen-bond acceptors (Lipinski definition) is 6. The molecule has 26 heavy (non-hydrogen) atoms. The van der Waals surface area contributed by atoms with Crippen LogP contribution in [-0.2, 0) is 4.74 Å². The normalized spacial score (nSPS) is 20.0. The van der Waals surface area contributed by atoms with E-state index in [0.29, 0.717) is 36.9 Å². The van der Waals surface area contributed by atoms with Gasteiger partial charge >= 0.3 is 0 Å². The van der Waals surface area contributed by atoms with Crippen LogP contribution in [0, 0.1) is 6.92 Å². The molecule has 1 N–H and O–H groups in total. The third-order valence-electron chi connectivity index (χ3n) is 4.22. The van der Waals surface area contributed by atoms with Crippen LogP contribution in [0.1, 0.15) is 48.2 Å². The van der Waals surface area contributed by atoms with Gasteiger partial charge in [0.2, 0.25) is 0 Å². The Balaban J connectivity index is 1.68. The lowest BCUT2D eigenvalue weighted by Crippen LogP contribution is -2.51. The predicted octanol–water partition coefficient (Wildman–Crippen LogP) is 2.27. The molecule has 0 unspecified atom stereocenters. The van der Waals surface area contributed by atoms with E-state index >= 15 is 0 Å². The topological polar surface area (TPSA) is 86.2 Å². The molecule has 0 radical (unpaired) electrons. The average molecular weight is 356 g/mol. The number of pyridine rings is 1. The number of hydrogen-bond donors (Lipinski definition) is 1. The van der Waals surface area contributed by atoms with Gasteiger partial charge in [0.1, 0.15) is 23.4 Å². The first kappa shape index (κ1) is 18.3. The van der Waals surface area contributed by atoms with Crippen molar-refractivity contribution in [2.75, 3.05) is 13.2 Å². The molecule has 1 fully saturated rings. The Morgan fingerprint density at radius 3 is 2.88 bits per heavy atom. The lowest BCUT2D eigenvalue weighted by Gasteiger charge is -2.32. The second kappa shape index (κ2) is 8.23. The van der Waals surface area contributed by atoms with E-state index in [1.54, 1.807) is 18.5 Å². The molecule has 1 saturated heterocycles. The minimum absolute atomic E-state index is 0.157.